The summed E-state index contributed by atoms with van der Waals surface area (Å²) in [6, 6.07) is 3.54. The Morgan fingerprint density at radius 1 is 1.12 bits per heavy atom. The zero-order chi connectivity index (χ0) is 19.2. The Bertz CT molecular complexity index is 707. The van der Waals surface area contributed by atoms with Gasteiger partial charge in [0.2, 0.25) is 10.0 Å². The molecule has 1 unspecified atom stereocenters. The summed E-state index contributed by atoms with van der Waals surface area (Å²) in [6.45, 7) is 0.717. The predicted molar refractivity (Wildman–Crippen MR) is 96.2 cm³/mol. The number of aliphatic hydroxyl groups is 1. The normalized spacial score (nSPS) is 19.4. The van der Waals surface area contributed by atoms with Crippen LogP contribution in [0, 0.1) is 0 Å². The highest BCUT2D eigenvalue weighted by Crippen LogP contribution is 2.42. The molecule has 0 radical (unpaired) electrons. The Morgan fingerprint density at radius 2 is 1.81 bits per heavy atom. The molecule has 0 heterocycles. The first kappa shape index (κ1) is 20.9. The minimum atomic E-state index is -3.56. The highest BCUT2D eigenvalue weighted by atomic mass is 32.2. The molecule has 0 spiro atoms. The van der Waals surface area contributed by atoms with E-state index < -0.39 is 15.6 Å². The molecule has 1 aromatic carbocycles. The molecule has 148 valence electrons. The van der Waals surface area contributed by atoms with Gasteiger partial charge in [0.25, 0.3) is 0 Å². The van der Waals surface area contributed by atoms with Crippen LogP contribution in [0.3, 0.4) is 0 Å². The van der Waals surface area contributed by atoms with Gasteiger partial charge in [-0.25, -0.2) is 13.1 Å². The number of hydrogen-bond acceptors (Lipinski definition) is 7. The van der Waals surface area contributed by atoms with Crippen molar-refractivity contribution in [2.45, 2.75) is 18.4 Å². The molecular formula is C17H27NO7S. The van der Waals surface area contributed by atoms with Crippen molar-refractivity contribution < 1.29 is 32.5 Å². The van der Waals surface area contributed by atoms with Gasteiger partial charge in [-0.05, 0) is 36.1 Å². The van der Waals surface area contributed by atoms with Gasteiger partial charge in [-0.1, -0.05) is 0 Å². The Kier molecular flexibility index (Phi) is 7.24. The van der Waals surface area contributed by atoms with Gasteiger partial charge in [-0.3, -0.25) is 0 Å². The summed E-state index contributed by atoms with van der Waals surface area (Å²) in [6.07, 6.45) is 1.06. The van der Waals surface area contributed by atoms with Gasteiger partial charge in [-0.15, -0.1) is 0 Å². The Morgan fingerprint density at radius 3 is 2.46 bits per heavy atom. The molecule has 0 saturated heterocycles. The third-order valence-corrected chi connectivity index (χ3v) is 5.72. The van der Waals surface area contributed by atoms with E-state index in [0.29, 0.717) is 43.1 Å². The average molecular weight is 389 g/mol. The lowest BCUT2D eigenvalue weighted by Crippen LogP contribution is -2.40. The summed E-state index contributed by atoms with van der Waals surface area (Å²) in [7, 11) is 1.06. The fourth-order valence-corrected chi connectivity index (χ4v) is 3.88. The SMILES string of the molecule is COCCOCCS(=O)(=O)NCC1(O)CCc2cc(OC)c(OC)cc21. The zero-order valence-electron chi connectivity index (χ0n) is 15.4. The van der Waals surface area contributed by atoms with Gasteiger partial charge < -0.3 is 24.1 Å². The minimum absolute atomic E-state index is 0.0682. The second-order valence-electron chi connectivity index (χ2n) is 6.14. The molecule has 1 atom stereocenters. The van der Waals surface area contributed by atoms with Crippen LogP contribution in [0.2, 0.25) is 0 Å². The van der Waals surface area contributed by atoms with Gasteiger partial charge >= 0.3 is 0 Å². The van der Waals surface area contributed by atoms with E-state index in [1.54, 1.807) is 20.3 Å². The predicted octanol–water partition coefficient (Wildman–Crippen LogP) is 0.420. The molecule has 1 aromatic rings. The number of hydrogen-bond donors (Lipinski definition) is 2. The average Bonchev–Trinajstić information content (AvgIpc) is 2.95. The van der Waals surface area contributed by atoms with Crippen LogP contribution >= 0.6 is 0 Å². The lowest BCUT2D eigenvalue weighted by molar-refractivity contribution is 0.0438. The summed E-state index contributed by atoms with van der Waals surface area (Å²) in [5.74, 6) is 0.913. The molecule has 0 amide bonds. The quantitative estimate of drug-likeness (QED) is 0.529. The lowest BCUT2D eigenvalue weighted by atomic mass is 9.96. The van der Waals surface area contributed by atoms with E-state index in [-0.39, 0.29) is 18.9 Å². The van der Waals surface area contributed by atoms with E-state index >= 15 is 0 Å². The topological polar surface area (TPSA) is 103 Å². The van der Waals surface area contributed by atoms with E-state index in [1.807, 2.05) is 6.07 Å². The van der Waals surface area contributed by atoms with Gasteiger partial charge in [0, 0.05) is 13.7 Å². The maximum absolute atomic E-state index is 12.1. The molecule has 2 N–H and O–H groups in total. The molecule has 0 saturated carbocycles. The number of aryl methyl sites for hydroxylation is 1. The van der Waals surface area contributed by atoms with E-state index in [0.717, 1.165) is 5.56 Å². The van der Waals surface area contributed by atoms with Crippen molar-refractivity contribution in [3.05, 3.63) is 23.3 Å². The maximum atomic E-state index is 12.1. The Balaban J connectivity index is 2.00. The molecule has 1 aliphatic carbocycles. The summed E-state index contributed by atoms with van der Waals surface area (Å²) < 4.78 is 47.3. The molecule has 2 rings (SSSR count). The first-order chi connectivity index (χ1) is 12.3. The lowest BCUT2D eigenvalue weighted by Gasteiger charge is -2.25. The van der Waals surface area contributed by atoms with Crippen molar-refractivity contribution in [3.63, 3.8) is 0 Å². The Labute approximate surface area is 154 Å². The molecule has 0 aromatic heterocycles. The van der Waals surface area contributed by atoms with Crippen molar-refractivity contribution in [3.8, 4) is 11.5 Å². The number of benzene rings is 1. The fourth-order valence-electron chi connectivity index (χ4n) is 2.94. The first-order valence-electron chi connectivity index (χ1n) is 8.37. The minimum Gasteiger partial charge on any atom is -0.493 e. The zero-order valence-corrected chi connectivity index (χ0v) is 16.2. The van der Waals surface area contributed by atoms with Crippen LogP contribution in [0.15, 0.2) is 12.1 Å². The maximum Gasteiger partial charge on any atom is 0.213 e. The van der Waals surface area contributed by atoms with Gasteiger partial charge in [-0.2, -0.15) is 0 Å². The van der Waals surface area contributed by atoms with E-state index in [2.05, 4.69) is 4.72 Å². The Hall–Kier alpha value is -1.39. The number of ether oxygens (including phenoxy) is 4. The smallest absolute Gasteiger partial charge is 0.213 e. The largest absolute Gasteiger partial charge is 0.493 e. The second kappa shape index (κ2) is 9.01. The first-order valence-corrected chi connectivity index (χ1v) is 10.0. The van der Waals surface area contributed by atoms with E-state index in [9.17, 15) is 13.5 Å². The van der Waals surface area contributed by atoms with Gasteiger partial charge in [0.05, 0.1) is 39.8 Å². The molecule has 9 heteroatoms. The van der Waals surface area contributed by atoms with Crippen LogP contribution in [-0.2, 0) is 31.5 Å². The molecule has 0 fully saturated rings. The number of nitrogens with one attached hydrogen (secondary N) is 1. The number of methoxy groups -OCH3 is 3. The number of sulfonamides is 1. The van der Waals surface area contributed by atoms with Crippen LogP contribution in [-0.4, -0.2) is 67.0 Å². The molecule has 0 aliphatic heterocycles. The number of rotatable bonds is 11. The van der Waals surface area contributed by atoms with Crippen molar-refractivity contribution in [2.24, 2.45) is 0 Å². The monoisotopic (exact) mass is 389 g/mol. The molecular weight excluding hydrogens is 362 g/mol. The molecule has 8 nitrogen and oxygen atoms in total. The summed E-state index contributed by atoms with van der Waals surface area (Å²) >= 11 is 0. The van der Waals surface area contributed by atoms with Crippen LogP contribution in [0.5, 0.6) is 11.5 Å². The summed E-state index contributed by atoms with van der Waals surface area (Å²) in [5, 5.41) is 11.0. The van der Waals surface area contributed by atoms with Crippen molar-refractivity contribution in [1.29, 1.82) is 0 Å². The van der Waals surface area contributed by atoms with E-state index in [1.165, 1.54) is 7.11 Å². The van der Waals surface area contributed by atoms with Gasteiger partial charge in [0.15, 0.2) is 11.5 Å². The van der Waals surface area contributed by atoms with Gasteiger partial charge in [0.1, 0.15) is 5.60 Å². The molecule has 26 heavy (non-hydrogen) atoms. The molecule has 1 aliphatic rings. The third-order valence-electron chi connectivity index (χ3n) is 4.43. The highest BCUT2D eigenvalue weighted by Gasteiger charge is 2.38. The molecule has 0 bridgehead atoms. The summed E-state index contributed by atoms with van der Waals surface area (Å²) in [4.78, 5) is 0. The van der Waals surface area contributed by atoms with Crippen LogP contribution in [0.4, 0.5) is 0 Å². The van der Waals surface area contributed by atoms with Crippen LogP contribution in [0.1, 0.15) is 17.5 Å². The van der Waals surface area contributed by atoms with Crippen molar-refractivity contribution in [2.75, 3.05) is 53.4 Å². The standard InChI is InChI=1S/C17H27NO7S/c1-22-6-7-25-8-9-26(20,21)18-12-17(19)5-4-13-10-15(23-2)16(24-3)11-14(13)17/h10-11,18-19H,4-9,12H2,1-3H3. The number of fused-ring (bicyclic) bond motifs is 1. The highest BCUT2D eigenvalue weighted by molar-refractivity contribution is 7.89. The van der Waals surface area contributed by atoms with E-state index in [4.69, 9.17) is 18.9 Å². The van der Waals surface area contributed by atoms with Crippen LogP contribution < -0.4 is 14.2 Å². The second-order valence-corrected chi connectivity index (χ2v) is 8.07. The third kappa shape index (κ3) is 5.08. The fraction of sp³-hybridized carbons (Fsp3) is 0.647. The van der Waals surface area contributed by atoms with Crippen molar-refractivity contribution >= 4 is 10.0 Å². The summed E-state index contributed by atoms with van der Waals surface area (Å²) in [5.41, 5.74) is 0.306. The van der Waals surface area contributed by atoms with Crippen LogP contribution in [0.25, 0.3) is 0 Å². The van der Waals surface area contributed by atoms with Crippen molar-refractivity contribution in [1.82, 2.24) is 4.72 Å².